The summed E-state index contributed by atoms with van der Waals surface area (Å²) in [6.45, 7) is 6.94. The first-order valence-corrected chi connectivity index (χ1v) is 7.30. The Bertz CT molecular complexity index is 389. The average Bonchev–Trinajstić information content (AvgIpc) is 2.38. The van der Waals surface area contributed by atoms with Gasteiger partial charge >= 0.3 is 0 Å². The predicted octanol–water partition coefficient (Wildman–Crippen LogP) is 2.34. The molecule has 2 rings (SSSR count). The minimum absolute atomic E-state index is 0.0922. The van der Waals surface area contributed by atoms with Crippen LogP contribution in [0.5, 0.6) is 0 Å². The Morgan fingerprint density at radius 1 is 1.39 bits per heavy atom. The summed E-state index contributed by atoms with van der Waals surface area (Å²) in [7, 11) is 0. The van der Waals surface area contributed by atoms with Crippen LogP contribution in [-0.2, 0) is 11.2 Å². The van der Waals surface area contributed by atoms with Crippen molar-refractivity contribution < 1.29 is 4.74 Å². The van der Waals surface area contributed by atoms with Crippen LogP contribution in [0.25, 0.3) is 0 Å². The Morgan fingerprint density at radius 3 is 2.72 bits per heavy atom. The first kappa shape index (κ1) is 14.0. The molecular formula is C14H21BrN2O. The van der Waals surface area contributed by atoms with Gasteiger partial charge in [-0.05, 0) is 30.5 Å². The molecule has 1 fully saturated rings. The van der Waals surface area contributed by atoms with Gasteiger partial charge in [-0.1, -0.05) is 28.1 Å². The van der Waals surface area contributed by atoms with Gasteiger partial charge in [-0.3, -0.25) is 4.90 Å². The second kappa shape index (κ2) is 6.66. The Kier molecular flexibility index (Phi) is 5.18. The summed E-state index contributed by atoms with van der Waals surface area (Å²) in [4.78, 5) is 2.45. The molecule has 0 radical (unpaired) electrons. The normalized spacial score (nSPS) is 18.8. The van der Waals surface area contributed by atoms with Crippen molar-refractivity contribution in [1.82, 2.24) is 4.90 Å². The molecule has 0 aliphatic carbocycles. The molecule has 1 atom stereocenters. The molecule has 1 heterocycles. The van der Waals surface area contributed by atoms with Crippen LogP contribution in [0.4, 0.5) is 0 Å². The maximum atomic E-state index is 5.88. The number of hydrogen-bond acceptors (Lipinski definition) is 3. The van der Waals surface area contributed by atoms with Gasteiger partial charge in [-0.25, -0.2) is 0 Å². The Labute approximate surface area is 117 Å². The van der Waals surface area contributed by atoms with Crippen molar-refractivity contribution >= 4 is 15.9 Å². The summed E-state index contributed by atoms with van der Waals surface area (Å²) in [5, 5.41) is 0. The van der Waals surface area contributed by atoms with E-state index in [1.165, 1.54) is 15.6 Å². The van der Waals surface area contributed by atoms with Crippen LogP contribution in [0.1, 0.15) is 24.1 Å². The average molecular weight is 313 g/mol. The third kappa shape index (κ3) is 3.79. The highest BCUT2D eigenvalue weighted by Crippen LogP contribution is 2.22. The summed E-state index contributed by atoms with van der Waals surface area (Å²) in [5.41, 5.74) is 8.41. The number of ether oxygens (including phenoxy) is 1. The molecule has 0 spiro atoms. The zero-order chi connectivity index (χ0) is 13.0. The molecule has 0 aromatic heterocycles. The Balaban J connectivity index is 1.92. The van der Waals surface area contributed by atoms with E-state index in [1.807, 2.05) is 6.92 Å². The zero-order valence-corrected chi connectivity index (χ0v) is 12.4. The number of nitrogens with two attached hydrogens (primary N) is 1. The lowest BCUT2D eigenvalue weighted by molar-refractivity contribution is 0.0384. The molecule has 1 unspecified atom stereocenters. The van der Waals surface area contributed by atoms with Gasteiger partial charge in [0.05, 0.1) is 13.2 Å². The number of hydrogen-bond donors (Lipinski definition) is 1. The second-order valence-corrected chi connectivity index (χ2v) is 5.70. The first-order chi connectivity index (χ1) is 8.66. The molecule has 4 heteroatoms. The van der Waals surface area contributed by atoms with E-state index in [4.69, 9.17) is 10.5 Å². The van der Waals surface area contributed by atoms with Crippen LogP contribution in [0, 0.1) is 0 Å². The molecule has 1 aromatic rings. The fourth-order valence-electron chi connectivity index (χ4n) is 2.15. The standard InChI is InChI=1S/C14H21BrN2O/c1-11(16)13-3-2-12(14(15)10-13)4-5-17-6-8-18-9-7-17/h2-3,10-11H,4-9,16H2,1H3. The Hall–Kier alpha value is -0.420. The van der Waals surface area contributed by atoms with E-state index in [9.17, 15) is 0 Å². The van der Waals surface area contributed by atoms with Gasteiger partial charge in [0.1, 0.15) is 0 Å². The maximum absolute atomic E-state index is 5.88. The van der Waals surface area contributed by atoms with Crippen LogP contribution >= 0.6 is 15.9 Å². The van der Waals surface area contributed by atoms with Crippen LogP contribution in [0.15, 0.2) is 22.7 Å². The number of nitrogens with zero attached hydrogens (tertiary/aromatic N) is 1. The van der Waals surface area contributed by atoms with Crippen molar-refractivity contribution in [2.24, 2.45) is 5.73 Å². The molecular weight excluding hydrogens is 292 g/mol. The fraction of sp³-hybridized carbons (Fsp3) is 0.571. The number of rotatable bonds is 4. The minimum Gasteiger partial charge on any atom is -0.379 e. The van der Waals surface area contributed by atoms with Gasteiger partial charge in [-0.15, -0.1) is 0 Å². The van der Waals surface area contributed by atoms with E-state index in [2.05, 4.69) is 39.0 Å². The SMILES string of the molecule is CC(N)c1ccc(CCN2CCOCC2)c(Br)c1. The van der Waals surface area contributed by atoms with Crippen molar-refractivity contribution in [2.45, 2.75) is 19.4 Å². The molecule has 1 saturated heterocycles. The smallest absolute Gasteiger partial charge is 0.0594 e. The van der Waals surface area contributed by atoms with Crippen molar-refractivity contribution in [3.8, 4) is 0 Å². The molecule has 100 valence electrons. The zero-order valence-electron chi connectivity index (χ0n) is 10.9. The highest BCUT2D eigenvalue weighted by atomic mass is 79.9. The molecule has 1 aliphatic heterocycles. The van der Waals surface area contributed by atoms with Gasteiger partial charge in [-0.2, -0.15) is 0 Å². The lowest BCUT2D eigenvalue weighted by Gasteiger charge is -2.26. The third-order valence-corrected chi connectivity index (χ3v) is 4.14. The summed E-state index contributed by atoms with van der Waals surface area (Å²) >= 11 is 3.64. The largest absolute Gasteiger partial charge is 0.379 e. The highest BCUT2D eigenvalue weighted by Gasteiger charge is 2.11. The van der Waals surface area contributed by atoms with Crippen molar-refractivity contribution in [3.63, 3.8) is 0 Å². The molecule has 2 N–H and O–H groups in total. The summed E-state index contributed by atoms with van der Waals surface area (Å²) in [6.07, 6.45) is 1.07. The van der Waals surface area contributed by atoms with Gasteiger partial charge < -0.3 is 10.5 Å². The van der Waals surface area contributed by atoms with E-state index < -0.39 is 0 Å². The van der Waals surface area contributed by atoms with Crippen molar-refractivity contribution in [3.05, 3.63) is 33.8 Å². The molecule has 1 aromatic carbocycles. The van der Waals surface area contributed by atoms with Crippen LogP contribution in [0.2, 0.25) is 0 Å². The van der Waals surface area contributed by atoms with Crippen LogP contribution < -0.4 is 5.73 Å². The molecule has 0 amide bonds. The minimum atomic E-state index is 0.0922. The topological polar surface area (TPSA) is 38.5 Å². The predicted molar refractivity (Wildman–Crippen MR) is 77.7 cm³/mol. The summed E-state index contributed by atoms with van der Waals surface area (Å²) in [6, 6.07) is 6.54. The van der Waals surface area contributed by atoms with Crippen LogP contribution in [0.3, 0.4) is 0 Å². The third-order valence-electron chi connectivity index (χ3n) is 3.40. The van der Waals surface area contributed by atoms with Gasteiger partial charge in [0, 0.05) is 30.1 Å². The van der Waals surface area contributed by atoms with Gasteiger partial charge in [0.2, 0.25) is 0 Å². The van der Waals surface area contributed by atoms with Crippen LogP contribution in [-0.4, -0.2) is 37.7 Å². The fourth-order valence-corrected chi connectivity index (χ4v) is 2.75. The molecule has 3 nitrogen and oxygen atoms in total. The monoisotopic (exact) mass is 312 g/mol. The van der Waals surface area contributed by atoms with E-state index >= 15 is 0 Å². The van der Waals surface area contributed by atoms with E-state index in [0.29, 0.717) is 0 Å². The van der Waals surface area contributed by atoms with Crippen molar-refractivity contribution in [2.75, 3.05) is 32.8 Å². The maximum Gasteiger partial charge on any atom is 0.0594 e. The van der Waals surface area contributed by atoms with E-state index in [1.54, 1.807) is 0 Å². The lowest BCUT2D eigenvalue weighted by atomic mass is 10.0. The number of benzene rings is 1. The highest BCUT2D eigenvalue weighted by molar-refractivity contribution is 9.10. The number of halogens is 1. The van der Waals surface area contributed by atoms with Gasteiger partial charge in [0.25, 0.3) is 0 Å². The molecule has 18 heavy (non-hydrogen) atoms. The lowest BCUT2D eigenvalue weighted by Crippen LogP contribution is -2.37. The molecule has 0 bridgehead atoms. The quantitative estimate of drug-likeness (QED) is 0.927. The van der Waals surface area contributed by atoms with E-state index in [-0.39, 0.29) is 6.04 Å². The molecule has 0 saturated carbocycles. The second-order valence-electron chi connectivity index (χ2n) is 4.84. The first-order valence-electron chi connectivity index (χ1n) is 6.51. The summed E-state index contributed by atoms with van der Waals surface area (Å²) in [5.74, 6) is 0. The van der Waals surface area contributed by atoms with Crippen molar-refractivity contribution in [1.29, 1.82) is 0 Å². The summed E-state index contributed by atoms with van der Waals surface area (Å²) < 4.78 is 6.52. The Morgan fingerprint density at radius 2 is 2.11 bits per heavy atom. The number of morpholine rings is 1. The van der Waals surface area contributed by atoms with E-state index in [0.717, 1.165) is 39.3 Å². The van der Waals surface area contributed by atoms with Gasteiger partial charge in [0.15, 0.2) is 0 Å². The molecule has 1 aliphatic rings.